The molecule has 1 aromatic carbocycles. The van der Waals surface area contributed by atoms with Crippen molar-refractivity contribution in [3.63, 3.8) is 0 Å². The van der Waals surface area contributed by atoms with Gasteiger partial charge in [-0.3, -0.25) is 4.79 Å². The number of benzene rings is 1. The monoisotopic (exact) mass is 179 g/mol. The van der Waals surface area contributed by atoms with E-state index in [9.17, 15) is 4.79 Å². The van der Waals surface area contributed by atoms with Gasteiger partial charge in [0, 0.05) is 0 Å². The lowest BCUT2D eigenvalue weighted by atomic mass is 10.1. The highest BCUT2D eigenvalue weighted by Crippen LogP contribution is 2.18. The third kappa shape index (κ3) is 2.47. The molecule has 0 heterocycles. The van der Waals surface area contributed by atoms with Crippen LogP contribution in [0.5, 0.6) is 5.75 Å². The molecule has 0 radical (unpaired) electrons. The zero-order valence-electron chi connectivity index (χ0n) is 7.83. The van der Waals surface area contributed by atoms with Gasteiger partial charge in [-0.15, -0.1) is 0 Å². The molecule has 13 heavy (non-hydrogen) atoms. The summed E-state index contributed by atoms with van der Waals surface area (Å²) in [6, 6.07) is 5.59. The molecule has 0 aliphatic carbocycles. The molecular formula is C10H13NO2. The molecule has 0 aromatic heterocycles. The van der Waals surface area contributed by atoms with Gasteiger partial charge in [-0.2, -0.15) is 0 Å². The molecule has 0 saturated carbocycles. The second-order valence-electron chi connectivity index (χ2n) is 2.95. The smallest absolute Gasteiger partial charge is 0.221 e. The minimum atomic E-state index is -0.315. The van der Waals surface area contributed by atoms with Crippen LogP contribution in [0.4, 0.5) is 0 Å². The Morgan fingerprint density at radius 3 is 2.69 bits per heavy atom. The predicted octanol–water partition coefficient (Wildman–Crippen LogP) is 1.03. The van der Waals surface area contributed by atoms with Gasteiger partial charge in [0.2, 0.25) is 5.91 Å². The number of nitrogens with two attached hydrogens (primary N) is 1. The van der Waals surface area contributed by atoms with Gasteiger partial charge in [-0.05, 0) is 24.1 Å². The van der Waals surface area contributed by atoms with Gasteiger partial charge in [-0.1, -0.05) is 12.1 Å². The largest absolute Gasteiger partial charge is 0.496 e. The summed E-state index contributed by atoms with van der Waals surface area (Å²) in [6.45, 7) is 1.93. The number of hydrogen-bond donors (Lipinski definition) is 1. The molecule has 1 aromatic rings. The van der Waals surface area contributed by atoms with Gasteiger partial charge in [0.25, 0.3) is 0 Å². The molecule has 0 bridgehead atoms. The Balaban J connectivity index is 2.89. The second-order valence-corrected chi connectivity index (χ2v) is 2.95. The first-order valence-corrected chi connectivity index (χ1v) is 4.05. The Labute approximate surface area is 77.5 Å². The Morgan fingerprint density at radius 1 is 1.54 bits per heavy atom. The number of rotatable bonds is 3. The van der Waals surface area contributed by atoms with Crippen LogP contribution in [0.2, 0.25) is 0 Å². The van der Waals surface area contributed by atoms with E-state index in [-0.39, 0.29) is 12.3 Å². The first-order valence-electron chi connectivity index (χ1n) is 4.05. The van der Waals surface area contributed by atoms with Crippen LogP contribution in [-0.4, -0.2) is 13.0 Å². The van der Waals surface area contributed by atoms with Crippen molar-refractivity contribution < 1.29 is 9.53 Å². The lowest BCUT2D eigenvalue weighted by molar-refractivity contribution is -0.117. The van der Waals surface area contributed by atoms with Gasteiger partial charge < -0.3 is 10.5 Å². The Bertz CT molecular complexity index is 321. The van der Waals surface area contributed by atoms with E-state index >= 15 is 0 Å². The number of primary amides is 1. The van der Waals surface area contributed by atoms with Crippen LogP contribution < -0.4 is 10.5 Å². The summed E-state index contributed by atoms with van der Waals surface area (Å²) in [6.07, 6.45) is 0.283. The average molecular weight is 179 g/mol. The van der Waals surface area contributed by atoms with Crippen LogP contribution in [0.3, 0.4) is 0 Å². The van der Waals surface area contributed by atoms with Crippen molar-refractivity contribution >= 4 is 5.91 Å². The van der Waals surface area contributed by atoms with Crippen LogP contribution in [-0.2, 0) is 11.2 Å². The van der Waals surface area contributed by atoms with E-state index in [1.54, 1.807) is 7.11 Å². The van der Waals surface area contributed by atoms with Crippen molar-refractivity contribution in [3.05, 3.63) is 29.3 Å². The van der Waals surface area contributed by atoms with Gasteiger partial charge in [0.05, 0.1) is 13.5 Å². The molecule has 3 heteroatoms. The highest BCUT2D eigenvalue weighted by Gasteiger charge is 2.01. The van der Waals surface area contributed by atoms with Crippen LogP contribution in [0.1, 0.15) is 11.1 Å². The maximum Gasteiger partial charge on any atom is 0.221 e. The van der Waals surface area contributed by atoms with E-state index in [2.05, 4.69) is 0 Å². The van der Waals surface area contributed by atoms with Gasteiger partial charge in [-0.25, -0.2) is 0 Å². The Hall–Kier alpha value is -1.51. The first kappa shape index (κ1) is 9.58. The van der Waals surface area contributed by atoms with E-state index in [1.165, 1.54) is 0 Å². The van der Waals surface area contributed by atoms with E-state index in [0.717, 1.165) is 16.9 Å². The third-order valence-corrected chi connectivity index (χ3v) is 1.84. The zero-order chi connectivity index (χ0) is 9.84. The summed E-state index contributed by atoms with van der Waals surface area (Å²) in [4.78, 5) is 10.6. The van der Waals surface area contributed by atoms with E-state index in [0.29, 0.717) is 0 Å². The topological polar surface area (TPSA) is 52.3 Å². The molecule has 1 rings (SSSR count). The predicted molar refractivity (Wildman–Crippen MR) is 50.6 cm³/mol. The van der Waals surface area contributed by atoms with Crippen LogP contribution in [0.25, 0.3) is 0 Å². The highest BCUT2D eigenvalue weighted by atomic mass is 16.5. The molecule has 70 valence electrons. The summed E-state index contributed by atoms with van der Waals surface area (Å²) < 4.78 is 5.09. The minimum Gasteiger partial charge on any atom is -0.496 e. The number of carbonyl (C=O) groups excluding carboxylic acids is 1. The molecule has 0 saturated heterocycles. The second kappa shape index (κ2) is 3.94. The number of methoxy groups -OCH3 is 1. The van der Waals surface area contributed by atoms with Crippen molar-refractivity contribution in [1.82, 2.24) is 0 Å². The third-order valence-electron chi connectivity index (χ3n) is 1.84. The van der Waals surface area contributed by atoms with Crippen LogP contribution in [0, 0.1) is 6.92 Å². The highest BCUT2D eigenvalue weighted by molar-refractivity contribution is 5.76. The molecule has 0 spiro atoms. The van der Waals surface area contributed by atoms with Crippen molar-refractivity contribution in [2.75, 3.05) is 7.11 Å². The fourth-order valence-corrected chi connectivity index (χ4v) is 1.25. The summed E-state index contributed by atoms with van der Waals surface area (Å²) in [5.74, 6) is 0.512. The van der Waals surface area contributed by atoms with Gasteiger partial charge >= 0.3 is 0 Å². The van der Waals surface area contributed by atoms with Crippen LogP contribution in [0.15, 0.2) is 18.2 Å². The van der Waals surface area contributed by atoms with Crippen molar-refractivity contribution in [2.45, 2.75) is 13.3 Å². The molecular weight excluding hydrogens is 166 g/mol. The number of hydrogen-bond acceptors (Lipinski definition) is 2. The molecule has 3 nitrogen and oxygen atoms in total. The normalized spacial score (nSPS) is 9.69. The van der Waals surface area contributed by atoms with Crippen molar-refractivity contribution in [3.8, 4) is 5.75 Å². The van der Waals surface area contributed by atoms with Crippen molar-refractivity contribution in [1.29, 1.82) is 0 Å². The minimum absolute atomic E-state index is 0.283. The fourth-order valence-electron chi connectivity index (χ4n) is 1.25. The lowest BCUT2D eigenvalue weighted by Crippen LogP contribution is -2.13. The van der Waals surface area contributed by atoms with Gasteiger partial charge in [0.15, 0.2) is 0 Å². The lowest BCUT2D eigenvalue weighted by Gasteiger charge is -2.05. The SMILES string of the molecule is COc1ccc(CC(N)=O)cc1C. The van der Waals surface area contributed by atoms with E-state index < -0.39 is 0 Å². The molecule has 0 aliphatic heterocycles. The molecule has 0 fully saturated rings. The molecule has 1 amide bonds. The fraction of sp³-hybridized carbons (Fsp3) is 0.300. The summed E-state index contributed by atoms with van der Waals surface area (Å²) in [5, 5.41) is 0. The number of amides is 1. The maximum atomic E-state index is 10.6. The average Bonchev–Trinajstić information content (AvgIpc) is 2.03. The zero-order valence-corrected chi connectivity index (χ0v) is 7.83. The maximum absolute atomic E-state index is 10.6. The summed E-state index contributed by atoms with van der Waals surface area (Å²) in [5.41, 5.74) is 7.01. The van der Waals surface area contributed by atoms with Crippen LogP contribution >= 0.6 is 0 Å². The summed E-state index contributed by atoms with van der Waals surface area (Å²) >= 11 is 0. The van der Waals surface area contributed by atoms with Gasteiger partial charge in [0.1, 0.15) is 5.75 Å². The Morgan fingerprint density at radius 2 is 2.23 bits per heavy atom. The van der Waals surface area contributed by atoms with E-state index in [4.69, 9.17) is 10.5 Å². The standard InChI is InChI=1S/C10H13NO2/c1-7-5-8(6-10(11)12)3-4-9(7)13-2/h3-5H,6H2,1-2H3,(H2,11,12). The molecule has 0 atom stereocenters. The quantitative estimate of drug-likeness (QED) is 0.753. The first-order chi connectivity index (χ1) is 6.13. The number of aryl methyl sites for hydroxylation is 1. The van der Waals surface area contributed by atoms with Crippen molar-refractivity contribution in [2.24, 2.45) is 5.73 Å². The molecule has 0 aliphatic rings. The Kier molecular flexibility index (Phi) is 2.90. The van der Waals surface area contributed by atoms with E-state index in [1.807, 2.05) is 25.1 Å². The number of carbonyl (C=O) groups is 1. The number of ether oxygens (including phenoxy) is 1. The summed E-state index contributed by atoms with van der Waals surface area (Å²) in [7, 11) is 1.62. The molecule has 0 unspecified atom stereocenters. The molecule has 2 N–H and O–H groups in total.